The van der Waals surface area contributed by atoms with Crippen LogP contribution < -0.4 is 4.90 Å². The summed E-state index contributed by atoms with van der Waals surface area (Å²) in [6.45, 7) is 2.50. The monoisotopic (exact) mass is 314 g/mol. The molecule has 8 heteroatoms. The molecule has 1 fully saturated rings. The lowest BCUT2D eigenvalue weighted by molar-refractivity contribution is -0.387. The SMILES string of the molecule is CCCC1(O)CN(c2cccc(S(C)(=O)=O)c2[N+](=O)[O-])C1. The number of hydrogen-bond donors (Lipinski definition) is 1. The summed E-state index contributed by atoms with van der Waals surface area (Å²) in [5, 5.41) is 21.4. The predicted molar refractivity (Wildman–Crippen MR) is 78.3 cm³/mol. The molecule has 0 atom stereocenters. The van der Waals surface area contributed by atoms with Crippen molar-refractivity contribution in [2.75, 3.05) is 24.2 Å². The third-order valence-corrected chi connectivity index (χ3v) is 4.71. The molecule has 0 unspecified atom stereocenters. The highest BCUT2D eigenvalue weighted by atomic mass is 32.2. The summed E-state index contributed by atoms with van der Waals surface area (Å²) in [6.07, 6.45) is 2.38. The van der Waals surface area contributed by atoms with Gasteiger partial charge in [0.05, 0.1) is 10.5 Å². The van der Waals surface area contributed by atoms with E-state index < -0.39 is 26.0 Å². The van der Waals surface area contributed by atoms with E-state index in [4.69, 9.17) is 0 Å². The third-order valence-electron chi connectivity index (χ3n) is 3.59. The number of benzene rings is 1. The summed E-state index contributed by atoms with van der Waals surface area (Å²) < 4.78 is 23.4. The number of β-amino-alcohol motifs (C(OH)–C–C–N with tert-alkyl or cyclic N) is 1. The van der Waals surface area contributed by atoms with Gasteiger partial charge in [0.15, 0.2) is 9.84 Å². The lowest BCUT2D eigenvalue weighted by Crippen LogP contribution is -2.62. The molecule has 0 saturated carbocycles. The largest absolute Gasteiger partial charge is 0.386 e. The van der Waals surface area contributed by atoms with Crippen molar-refractivity contribution in [1.29, 1.82) is 0 Å². The van der Waals surface area contributed by atoms with Crippen molar-refractivity contribution in [3.63, 3.8) is 0 Å². The zero-order chi connectivity index (χ0) is 15.8. The van der Waals surface area contributed by atoms with Crippen molar-refractivity contribution in [3.8, 4) is 0 Å². The normalized spacial score (nSPS) is 17.4. The first-order chi connectivity index (χ1) is 9.68. The molecule has 2 rings (SSSR count). The van der Waals surface area contributed by atoms with E-state index in [-0.39, 0.29) is 23.7 Å². The van der Waals surface area contributed by atoms with Crippen LogP contribution in [-0.4, -0.2) is 43.4 Å². The van der Waals surface area contributed by atoms with Crippen molar-refractivity contribution in [2.45, 2.75) is 30.3 Å². The van der Waals surface area contributed by atoms with E-state index in [2.05, 4.69) is 0 Å². The number of nitrogens with zero attached hydrogens (tertiary/aromatic N) is 2. The number of nitro groups is 1. The zero-order valence-corrected chi connectivity index (χ0v) is 12.8. The second-order valence-electron chi connectivity index (χ2n) is 5.48. The van der Waals surface area contributed by atoms with Gasteiger partial charge in [-0.2, -0.15) is 0 Å². The molecular formula is C13H18N2O5S. The summed E-state index contributed by atoms with van der Waals surface area (Å²) in [5.41, 5.74) is -1.02. The Hall–Kier alpha value is -1.67. The molecule has 1 aliphatic heterocycles. The number of aliphatic hydroxyl groups is 1. The van der Waals surface area contributed by atoms with Crippen LogP contribution in [0.25, 0.3) is 0 Å². The Morgan fingerprint density at radius 2 is 2.05 bits per heavy atom. The summed E-state index contributed by atoms with van der Waals surface area (Å²) in [4.78, 5) is 11.9. The highest BCUT2D eigenvalue weighted by Crippen LogP contribution is 2.39. The number of nitro benzene ring substituents is 1. The van der Waals surface area contributed by atoms with Gasteiger partial charge in [0, 0.05) is 19.3 Å². The molecule has 0 bridgehead atoms. The fourth-order valence-corrected chi connectivity index (χ4v) is 3.56. The maximum Gasteiger partial charge on any atom is 0.311 e. The van der Waals surface area contributed by atoms with Crippen molar-refractivity contribution in [3.05, 3.63) is 28.3 Å². The summed E-state index contributed by atoms with van der Waals surface area (Å²) >= 11 is 0. The van der Waals surface area contributed by atoms with Gasteiger partial charge in [-0.1, -0.05) is 19.4 Å². The molecule has 1 saturated heterocycles. The van der Waals surface area contributed by atoms with E-state index in [1.807, 2.05) is 6.92 Å². The first-order valence-electron chi connectivity index (χ1n) is 6.63. The van der Waals surface area contributed by atoms with Gasteiger partial charge in [-0.25, -0.2) is 8.42 Å². The second kappa shape index (κ2) is 5.27. The van der Waals surface area contributed by atoms with Crippen LogP contribution in [0.1, 0.15) is 19.8 Å². The van der Waals surface area contributed by atoms with Crippen molar-refractivity contribution < 1.29 is 18.4 Å². The van der Waals surface area contributed by atoms with Crippen molar-refractivity contribution >= 4 is 21.2 Å². The average molecular weight is 314 g/mol. The molecule has 7 nitrogen and oxygen atoms in total. The molecule has 0 amide bonds. The minimum Gasteiger partial charge on any atom is -0.386 e. The van der Waals surface area contributed by atoms with Gasteiger partial charge in [0.2, 0.25) is 0 Å². The highest BCUT2D eigenvalue weighted by Gasteiger charge is 2.43. The molecule has 0 aromatic heterocycles. The number of sulfone groups is 1. The smallest absolute Gasteiger partial charge is 0.311 e. The van der Waals surface area contributed by atoms with Crippen LogP contribution >= 0.6 is 0 Å². The molecule has 1 aliphatic rings. The quantitative estimate of drug-likeness (QED) is 0.650. The molecule has 1 N–H and O–H groups in total. The zero-order valence-electron chi connectivity index (χ0n) is 11.9. The topological polar surface area (TPSA) is 101 Å². The third kappa shape index (κ3) is 3.01. The highest BCUT2D eigenvalue weighted by molar-refractivity contribution is 7.90. The van der Waals surface area contributed by atoms with Gasteiger partial charge in [-0.3, -0.25) is 10.1 Å². The maximum atomic E-state index is 11.7. The maximum absolute atomic E-state index is 11.7. The van der Waals surface area contributed by atoms with E-state index in [9.17, 15) is 23.6 Å². The van der Waals surface area contributed by atoms with Gasteiger partial charge >= 0.3 is 5.69 Å². The van der Waals surface area contributed by atoms with Gasteiger partial charge in [-0.05, 0) is 18.6 Å². The van der Waals surface area contributed by atoms with Crippen LogP contribution in [0.5, 0.6) is 0 Å². The number of para-hydroxylation sites is 1. The predicted octanol–water partition coefficient (Wildman–Crippen LogP) is 1.35. The van der Waals surface area contributed by atoms with E-state index in [1.165, 1.54) is 18.2 Å². The Balaban J connectivity index is 2.41. The van der Waals surface area contributed by atoms with Crippen LogP contribution in [0.3, 0.4) is 0 Å². The van der Waals surface area contributed by atoms with E-state index in [1.54, 1.807) is 4.90 Å². The Kier molecular flexibility index (Phi) is 3.94. The Labute approximate surface area is 123 Å². The summed E-state index contributed by atoms with van der Waals surface area (Å²) in [5.74, 6) is 0. The molecule has 21 heavy (non-hydrogen) atoms. The molecule has 1 aromatic rings. The van der Waals surface area contributed by atoms with Crippen molar-refractivity contribution in [1.82, 2.24) is 0 Å². The fourth-order valence-electron chi connectivity index (χ4n) is 2.71. The van der Waals surface area contributed by atoms with Gasteiger partial charge in [0.25, 0.3) is 0 Å². The van der Waals surface area contributed by atoms with Gasteiger partial charge in [-0.15, -0.1) is 0 Å². The lowest BCUT2D eigenvalue weighted by Gasteiger charge is -2.47. The van der Waals surface area contributed by atoms with Crippen molar-refractivity contribution in [2.24, 2.45) is 0 Å². The molecule has 0 radical (unpaired) electrons. The number of anilines is 1. The summed E-state index contributed by atoms with van der Waals surface area (Å²) in [7, 11) is -3.69. The lowest BCUT2D eigenvalue weighted by atomic mass is 9.88. The molecule has 1 aromatic carbocycles. The second-order valence-corrected chi connectivity index (χ2v) is 7.47. The Morgan fingerprint density at radius 3 is 2.52 bits per heavy atom. The number of hydrogen-bond acceptors (Lipinski definition) is 6. The molecular weight excluding hydrogens is 296 g/mol. The molecule has 1 heterocycles. The van der Waals surface area contributed by atoms with E-state index >= 15 is 0 Å². The summed E-state index contributed by atoms with van der Waals surface area (Å²) in [6, 6.07) is 4.23. The average Bonchev–Trinajstić information content (AvgIpc) is 2.34. The van der Waals surface area contributed by atoms with Crippen LogP contribution in [0.4, 0.5) is 11.4 Å². The van der Waals surface area contributed by atoms with Crippen LogP contribution in [-0.2, 0) is 9.84 Å². The fraction of sp³-hybridized carbons (Fsp3) is 0.538. The van der Waals surface area contributed by atoms with Crippen LogP contribution in [0.2, 0.25) is 0 Å². The number of rotatable bonds is 5. The minimum absolute atomic E-state index is 0.240. The molecule has 0 aliphatic carbocycles. The first kappa shape index (κ1) is 15.7. The standard InChI is InChI=1S/C13H18N2O5S/c1-3-7-13(16)8-14(9-13)10-5-4-6-11(21(2,19)20)12(10)15(17)18/h4-6,16H,3,7-9H2,1-2H3. The van der Waals surface area contributed by atoms with Gasteiger partial charge in [0.1, 0.15) is 10.6 Å². The van der Waals surface area contributed by atoms with Crippen LogP contribution in [0, 0.1) is 10.1 Å². The minimum atomic E-state index is -3.69. The van der Waals surface area contributed by atoms with Crippen LogP contribution in [0.15, 0.2) is 23.1 Å². The first-order valence-corrected chi connectivity index (χ1v) is 8.52. The Morgan fingerprint density at radius 1 is 1.43 bits per heavy atom. The van der Waals surface area contributed by atoms with Gasteiger partial charge < -0.3 is 10.0 Å². The molecule has 0 spiro atoms. The van der Waals surface area contributed by atoms with E-state index in [0.717, 1.165) is 12.7 Å². The van der Waals surface area contributed by atoms with E-state index in [0.29, 0.717) is 6.42 Å². The molecule has 116 valence electrons. The Bertz CT molecular complexity index is 665.